The van der Waals surface area contributed by atoms with E-state index in [0.29, 0.717) is 19.0 Å². The molecule has 0 radical (unpaired) electrons. The minimum Gasteiger partial charge on any atom is -0.507 e. The Morgan fingerprint density at radius 1 is 0.609 bits per heavy atom. The predicted molar refractivity (Wildman–Crippen MR) is 91.0 cm³/mol. The molecule has 3 nitrogen and oxygen atoms in total. The minimum atomic E-state index is 0.328. The Balaban J connectivity index is 0.000000140. The smallest absolute Gasteiger partial charge is 0.161 e. The van der Waals surface area contributed by atoms with Gasteiger partial charge in [-0.05, 0) is 23.8 Å². The third kappa shape index (κ3) is 3.83. The molecule has 3 aromatic rings. The highest BCUT2D eigenvalue weighted by molar-refractivity contribution is 5.69. The van der Waals surface area contributed by atoms with Gasteiger partial charge in [0.1, 0.15) is 19.0 Å². The van der Waals surface area contributed by atoms with Crippen molar-refractivity contribution in [3.8, 4) is 28.4 Å². The van der Waals surface area contributed by atoms with Crippen molar-refractivity contribution in [3.63, 3.8) is 0 Å². The topological polar surface area (TPSA) is 38.7 Å². The first-order valence-corrected chi connectivity index (χ1v) is 7.52. The first-order valence-electron chi connectivity index (χ1n) is 7.52. The summed E-state index contributed by atoms with van der Waals surface area (Å²) >= 11 is 0. The fraction of sp³-hybridized carbons (Fsp3) is 0.100. The fourth-order valence-corrected chi connectivity index (χ4v) is 2.33. The largest absolute Gasteiger partial charge is 0.507 e. The van der Waals surface area contributed by atoms with Crippen LogP contribution in [0.1, 0.15) is 0 Å². The zero-order valence-electron chi connectivity index (χ0n) is 12.7. The number of aromatic hydroxyl groups is 1. The number of benzene rings is 3. The van der Waals surface area contributed by atoms with Gasteiger partial charge in [0.2, 0.25) is 0 Å². The molecule has 0 spiro atoms. The van der Waals surface area contributed by atoms with E-state index >= 15 is 0 Å². The van der Waals surface area contributed by atoms with E-state index in [1.807, 2.05) is 72.8 Å². The molecule has 0 saturated heterocycles. The molecule has 0 saturated carbocycles. The maximum absolute atomic E-state index is 9.56. The Labute approximate surface area is 135 Å². The van der Waals surface area contributed by atoms with E-state index in [2.05, 4.69) is 0 Å². The lowest BCUT2D eigenvalue weighted by molar-refractivity contribution is 0.171. The summed E-state index contributed by atoms with van der Waals surface area (Å²) in [6, 6.07) is 24.9. The molecule has 3 heteroatoms. The van der Waals surface area contributed by atoms with Crippen LogP contribution in [0.25, 0.3) is 11.1 Å². The highest BCUT2D eigenvalue weighted by Gasteiger charge is 2.08. The SMILES string of the molecule is Oc1ccccc1-c1ccccc1.c1ccc2c(c1)OCCO2. The van der Waals surface area contributed by atoms with Crippen LogP contribution in [0.4, 0.5) is 0 Å². The normalized spacial score (nSPS) is 12.0. The lowest BCUT2D eigenvalue weighted by Gasteiger charge is -2.17. The number of ether oxygens (including phenoxy) is 2. The van der Waals surface area contributed by atoms with Crippen molar-refractivity contribution < 1.29 is 14.6 Å². The van der Waals surface area contributed by atoms with Gasteiger partial charge in [0.15, 0.2) is 11.5 Å². The van der Waals surface area contributed by atoms with Crippen LogP contribution < -0.4 is 9.47 Å². The van der Waals surface area contributed by atoms with E-state index in [-0.39, 0.29) is 0 Å². The van der Waals surface area contributed by atoms with Gasteiger partial charge in [0.05, 0.1) is 0 Å². The van der Waals surface area contributed by atoms with Crippen LogP contribution in [0.2, 0.25) is 0 Å². The zero-order chi connectivity index (χ0) is 15.9. The Morgan fingerprint density at radius 2 is 1.13 bits per heavy atom. The highest BCUT2D eigenvalue weighted by Crippen LogP contribution is 2.28. The molecule has 116 valence electrons. The maximum atomic E-state index is 9.56. The average molecular weight is 306 g/mol. The number of fused-ring (bicyclic) bond motifs is 1. The fourth-order valence-electron chi connectivity index (χ4n) is 2.33. The van der Waals surface area contributed by atoms with Gasteiger partial charge in [0.25, 0.3) is 0 Å². The van der Waals surface area contributed by atoms with E-state index in [0.717, 1.165) is 22.6 Å². The Bertz CT molecular complexity index is 729. The molecule has 1 aliphatic heterocycles. The van der Waals surface area contributed by atoms with Crippen LogP contribution in [0.3, 0.4) is 0 Å². The summed E-state index contributed by atoms with van der Waals surface area (Å²) in [4.78, 5) is 0. The predicted octanol–water partition coefficient (Wildman–Crippen LogP) is 4.52. The molecule has 1 N–H and O–H groups in total. The molecule has 0 unspecified atom stereocenters. The van der Waals surface area contributed by atoms with E-state index in [1.165, 1.54) is 0 Å². The molecule has 0 bridgehead atoms. The van der Waals surface area contributed by atoms with Crippen LogP contribution in [-0.4, -0.2) is 18.3 Å². The van der Waals surface area contributed by atoms with Crippen molar-refractivity contribution in [1.82, 2.24) is 0 Å². The summed E-state index contributed by atoms with van der Waals surface area (Å²) in [5.74, 6) is 2.04. The molecule has 3 aromatic carbocycles. The average Bonchev–Trinajstić information content (AvgIpc) is 2.63. The lowest BCUT2D eigenvalue weighted by Crippen LogP contribution is -2.14. The van der Waals surface area contributed by atoms with Crippen LogP contribution in [-0.2, 0) is 0 Å². The second kappa shape index (κ2) is 7.36. The Hall–Kier alpha value is -2.94. The summed E-state index contributed by atoms with van der Waals surface area (Å²) in [7, 11) is 0. The first-order chi connectivity index (χ1) is 11.3. The molecule has 0 aliphatic carbocycles. The van der Waals surface area contributed by atoms with Crippen molar-refractivity contribution >= 4 is 0 Å². The Kier molecular flexibility index (Phi) is 4.79. The van der Waals surface area contributed by atoms with Crippen molar-refractivity contribution in [2.24, 2.45) is 0 Å². The monoisotopic (exact) mass is 306 g/mol. The molecular formula is C20H18O3. The third-order valence-electron chi connectivity index (χ3n) is 3.44. The Morgan fingerprint density at radius 3 is 1.74 bits per heavy atom. The lowest BCUT2D eigenvalue weighted by atomic mass is 10.1. The van der Waals surface area contributed by atoms with Gasteiger partial charge in [-0.1, -0.05) is 60.7 Å². The third-order valence-corrected chi connectivity index (χ3v) is 3.44. The summed E-state index contributed by atoms with van der Waals surface area (Å²) in [6.07, 6.45) is 0. The van der Waals surface area contributed by atoms with E-state index in [4.69, 9.17) is 9.47 Å². The van der Waals surface area contributed by atoms with Crippen molar-refractivity contribution in [1.29, 1.82) is 0 Å². The van der Waals surface area contributed by atoms with E-state index in [1.54, 1.807) is 6.07 Å². The van der Waals surface area contributed by atoms with Gasteiger partial charge in [-0.15, -0.1) is 0 Å². The number of phenols is 1. The van der Waals surface area contributed by atoms with Gasteiger partial charge in [-0.3, -0.25) is 0 Å². The van der Waals surface area contributed by atoms with Gasteiger partial charge in [-0.25, -0.2) is 0 Å². The molecular weight excluding hydrogens is 288 g/mol. The van der Waals surface area contributed by atoms with Crippen LogP contribution in [0, 0.1) is 0 Å². The summed E-state index contributed by atoms with van der Waals surface area (Å²) < 4.78 is 10.6. The highest BCUT2D eigenvalue weighted by atomic mass is 16.6. The second-order valence-corrected chi connectivity index (χ2v) is 5.03. The molecule has 4 rings (SSSR count). The molecule has 1 aliphatic rings. The van der Waals surface area contributed by atoms with E-state index < -0.39 is 0 Å². The van der Waals surface area contributed by atoms with Gasteiger partial charge < -0.3 is 14.6 Å². The molecule has 0 aromatic heterocycles. The zero-order valence-corrected chi connectivity index (χ0v) is 12.7. The van der Waals surface area contributed by atoms with Crippen molar-refractivity contribution in [2.75, 3.05) is 13.2 Å². The van der Waals surface area contributed by atoms with Gasteiger partial charge >= 0.3 is 0 Å². The molecule has 0 amide bonds. The summed E-state index contributed by atoms with van der Waals surface area (Å²) in [5, 5.41) is 9.56. The standard InChI is InChI=1S/C12H10O.C8H8O2/c13-12-9-5-4-8-11(12)10-6-2-1-3-7-10;1-2-4-8-7(3-1)9-5-6-10-8/h1-9,13H;1-4H,5-6H2. The van der Waals surface area contributed by atoms with Gasteiger partial charge in [-0.2, -0.15) is 0 Å². The number of para-hydroxylation sites is 3. The number of phenolic OH excluding ortho intramolecular Hbond substituents is 1. The van der Waals surface area contributed by atoms with Gasteiger partial charge in [0, 0.05) is 5.56 Å². The van der Waals surface area contributed by atoms with Crippen LogP contribution >= 0.6 is 0 Å². The molecule has 23 heavy (non-hydrogen) atoms. The quantitative estimate of drug-likeness (QED) is 0.718. The number of rotatable bonds is 1. The summed E-state index contributed by atoms with van der Waals surface area (Å²) in [5.41, 5.74) is 1.92. The van der Waals surface area contributed by atoms with E-state index in [9.17, 15) is 5.11 Å². The molecule has 0 fully saturated rings. The number of hydrogen-bond acceptors (Lipinski definition) is 3. The van der Waals surface area contributed by atoms with Crippen molar-refractivity contribution in [3.05, 3.63) is 78.9 Å². The summed E-state index contributed by atoms with van der Waals surface area (Å²) in [6.45, 7) is 1.33. The maximum Gasteiger partial charge on any atom is 0.161 e. The van der Waals surface area contributed by atoms with Crippen molar-refractivity contribution in [2.45, 2.75) is 0 Å². The molecule has 0 atom stereocenters. The minimum absolute atomic E-state index is 0.328. The number of hydrogen-bond donors (Lipinski definition) is 1. The van der Waals surface area contributed by atoms with Crippen LogP contribution in [0.15, 0.2) is 78.9 Å². The second-order valence-electron chi connectivity index (χ2n) is 5.03. The first kappa shape index (κ1) is 15.0. The van der Waals surface area contributed by atoms with Crippen LogP contribution in [0.5, 0.6) is 17.2 Å². The molecule has 1 heterocycles.